The molecule has 0 bridgehead atoms. The van der Waals surface area contributed by atoms with Crippen LogP contribution >= 0.6 is 0 Å². The predicted octanol–water partition coefficient (Wildman–Crippen LogP) is 0.117. The number of halogens is 1. The van der Waals surface area contributed by atoms with Crippen molar-refractivity contribution in [1.82, 2.24) is 5.32 Å². The van der Waals surface area contributed by atoms with Crippen molar-refractivity contribution in [3.05, 3.63) is 0 Å². The zero-order valence-electron chi connectivity index (χ0n) is 5.88. The molecule has 1 rings (SSSR count). The van der Waals surface area contributed by atoms with E-state index < -0.39 is 17.8 Å². The van der Waals surface area contributed by atoms with Gasteiger partial charge < -0.3 is 15.5 Å². The molecule has 1 aliphatic carbocycles. The maximum atomic E-state index is 12.3. The number of rotatable bonds is 2. The lowest BCUT2D eigenvalue weighted by atomic mass is 9.76. The fourth-order valence-electron chi connectivity index (χ4n) is 1.29. The van der Waals surface area contributed by atoms with Crippen LogP contribution in [0.1, 0.15) is 12.8 Å². The second-order valence-corrected chi connectivity index (χ2v) is 2.87. The Morgan fingerprint density at radius 3 is 2.55 bits per heavy atom. The van der Waals surface area contributed by atoms with Crippen molar-refractivity contribution >= 4 is 6.09 Å². The Balaban J connectivity index is 2.44. The number of alkyl halides is 1. The fraction of sp³-hybridized carbons (Fsp3) is 0.833. The van der Waals surface area contributed by atoms with Gasteiger partial charge in [-0.05, 0) is 0 Å². The summed E-state index contributed by atoms with van der Waals surface area (Å²) < 4.78 is 12.3. The van der Waals surface area contributed by atoms with Gasteiger partial charge in [-0.1, -0.05) is 0 Å². The zero-order valence-corrected chi connectivity index (χ0v) is 5.88. The molecule has 1 fully saturated rings. The molecule has 1 saturated carbocycles. The highest BCUT2D eigenvalue weighted by molar-refractivity contribution is 5.66. The molecule has 0 spiro atoms. The summed E-state index contributed by atoms with van der Waals surface area (Å²) >= 11 is 0. The molecule has 1 amide bonds. The first-order valence-electron chi connectivity index (χ1n) is 3.34. The highest BCUT2D eigenvalue weighted by Crippen LogP contribution is 2.34. The Labute approximate surface area is 63.0 Å². The van der Waals surface area contributed by atoms with E-state index in [1.54, 1.807) is 0 Å². The molecule has 0 aromatic heterocycles. The lowest BCUT2D eigenvalue weighted by Crippen LogP contribution is -2.60. The third-order valence-electron chi connectivity index (χ3n) is 1.90. The van der Waals surface area contributed by atoms with Gasteiger partial charge in [0.1, 0.15) is 6.17 Å². The Bertz CT molecular complexity index is 167. The maximum absolute atomic E-state index is 12.3. The summed E-state index contributed by atoms with van der Waals surface area (Å²) in [4.78, 5) is 10.1. The summed E-state index contributed by atoms with van der Waals surface area (Å²) in [6, 6.07) is 0. The molecule has 0 aromatic carbocycles. The zero-order chi connectivity index (χ0) is 8.48. The lowest BCUT2D eigenvalue weighted by molar-refractivity contribution is 0.0214. The van der Waals surface area contributed by atoms with Crippen LogP contribution in [0.3, 0.4) is 0 Å². The molecule has 5 heteroatoms. The molecule has 0 unspecified atom stereocenters. The van der Waals surface area contributed by atoms with Gasteiger partial charge in [0.2, 0.25) is 0 Å². The Morgan fingerprint density at radius 2 is 2.27 bits per heavy atom. The first kappa shape index (κ1) is 8.26. The van der Waals surface area contributed by atoms with Crippen molar-refractivity contribution < 1.29 is 19.4 Å². The van der Waals surface area contributed by atoms with Crippen molar-refractivity contribution in [2.45, 2.75) is 24.6 Å². The number of carbonyl (C=O) groups is 1. The van der Waals surface area contributed by atoms with Crippen LogP contribution in [0, 0.1) is 0 Å². The summed E-state index contributed by atoms with van der Waals surface area (Å²) in [5, 5.41) is 19.1. The normalized spacial score (nSPS) is 36.0. The second-order valence-electron chi connectivity index (χ2n) is 2.87. The number of aliphatic hydroxyl groups is 1. The van der Waals surface area contributed by atoms with Crippen LogP contribution in [0.5, 0.6) is 0 Å². The van der Waals surface area contributed by atoms with Gasteiger partial charge in [-0.2, -0.15) is 0 Å². The standard InChI is InChI=1S/C6H10FNO3/c7-4-1-6(2-4,3-9)8-5(10)11/h4,8-9H,1-3H2,(H,10,11). The van der Waals surface area contributed by atoms with Crippen molar-refractivity contribution in [3.8, 4) is 0 Å². The number of hydrogen-bond acceptors (Lipinski definition) is 2. The molecular weight excluding hydrogens is 153 g/mol. The van der Waals surface area contributed by atoms with Crippen LogP contribution < -0.4 is 5.32 Å². The van der Waals surface area contributed by atoms with Gasteiger partial charge in [0.15, 0.2) is 0 Å². The molecule has 0 aliphatic heterocycles. The van der Waals surface area contributed by atoms with Gasteiger partial charge in [0.05, 0.1) is 12.1 Å². The van der Waals surface area contributed by atoms with Gasteiger partial charge in [-0.3, -0.25) is 0 Å². The number of carboxylic acid groups (broad SMARTS) is 1. The highest BCUT2D eigenvalue weighted by atomic mass is 19.1. The Kier molecular flexibility index (Phi) is 1.99. The predicted molar refractivity (Wildman–Crippen MR) is 35.1 cm³/mol. The molecular formula is C6H10FNO3. The molecule has 0 heterocycles. The van der Waals surface area contributed by atoms with E-state index in [4.69, 9.17) is 10.2 Å². The van der Waals surface area contributed by atoms with E-state index in [1.165, 1.54) is 0 Å². The van der Waals surface area contributed by atoms with Crippen molar-refractivity contribution in [2.75, 3.05) is 6.61 Å². The lowest BCUT2D eigenvalue weighted by Gasteiger charge is -2.42. The van der Waals surface area contributed by atoms with Gasteiger partial charge in [-0.25, -0.2) is 9.18 Å². The van der Waals surface area contributed by atoms with Gasteiger partial charge >= 0.3 is 6.09 Å². The summed E-state index contributed by atoms with van der Waals surface area (Å²) in [5.41, 5.74) is -0.911. The van der Waals surface area contributed by atoms with E-state index in [2.05, 4.69) is 5.32 Å². The van der Waals surface area contributed by atoms with Crippen LogP contribution in [-0.2, 0) is 0 Å². The molecule has 0 atom stereocenters. The number of amides is 1. The van der Waals surface area contributed by atoms with Gasteiger partial charge in [-0.15, -0.1) is 0 Å². The first-order chi connectivity index (χ1) is 5.08. The van der Waals surface area contributed by atoms with E-state index in [0.717, 1.165) is 0 Å². The molecule has 0 aromatic rings. The molecule has 0 radical (unpaired) electrons. The smallest absolute Gasteiger partial charge is 0.405 e. The number of aliphatic hydroxyl groups excluding tert-OH is 1. The summed E-state index contributed by atoms with van der Waals surface area (Å²) in [5.74, 6) is 0. The molecule has 4 nitrogen and oxygen atoms in total. The number of nitrogens with one attached hydrogen (secondary N) is 1. The van der Waals surface area contributed by atoms with E-state index in [9.17, 15) is 9.18 Å². The van der Waals surface area contributed by atoms with Crippen LogP contribution in [0.4, 0.5) is 9.18 Å². The summed E-state index contributed by atoms with van der Waals surface area (Å²) in [7, 11) is 0. The third kappa shape index (κ3) is 1.59. The van der Waals surface area contributed by atoms with Gasteiger partial charge in [0, 0.05) is 12.8 Å². The quantitative estimate of drug-likeness (QED) is 0.541. The van der Waals surface area contributed by atoms with Crippen molar-refractivity contribution in [3.63, 3.8) is 0 Å². The Hall–Kier alpha value is -0.840. The minimum atomic E-state index is -1.22. The topological polar surface area (TPSA) is 69.6 Å². The number of hydrogen-bond donors (Lipinski definition) is 3. The molecule has 3 N–H and O–H groups in total. The maximum Gasteiger partial charge on any atom is 0.405 e. The van der Waals surface area contributed by atoms with Crippen LogP contribution in [-0.4, -0.2) is 34.6 Å². The largest absolute Gasteiger partial charge is 0.465 e. The second kappa shape index (κ2) is 2.65. The molecule has 0 saturated heterocycles. The first-order valence-corrected chi connectivity index (χ1v) is 3.34. The van der Waals surface area contributed by atoms with E-state index in [1.807, 2.05) is 0 Å². The minimum absolute atomic E-state index is 0.0792. The van der Waals surface area contributed by atoms with Crippen LogP contribution in [0.2, 0.25) is 0 Å². The monoisotopic (exact) mass is 163 g/mol. The van der Waals surface area contributed by atoms with Crippen LogP contribution in [0.15, 0.2) is 0 Å². The molecule has 1 aliphatic rings. The summed E-state index contributed by atoms with van der Waals surface area (Å²) in [6.45, 7) is -0.334. The van der Waals surface area contributed by atoms with Gasteiger partial charge in [0.25, 0.3) is 0 Å². The third-order valence-corrected chi connectivity index (χ3v) is 1.90. The van der Waals surface area contributed by atoms with E-state index in [0.29, 0.717) is 0 Å². The highest BCUT2D eigenvalue weighted by Gasteiger charge is 2.45. The summed E-state index contributed by atoms with van der Waals surface area (Å²) in [6.07, 6.45) is -2.04. The molecule has 64 valence electrons. The minimum Gasteiger partial charge on any atom is -0.465 e. The SMILES string of the molecule is O=C(O)NC1(CO)CC(F)C1. The average Bonchev–Trinajstić information content (AvgIpc) is 1.82. The van der Waals surface area contributed by atoms with Crippen molar-refractivity contribution in [1.29, 1.82) is 0 Å². The average molecular weight is 163 g/mol. The molecule has 11 heavy (non-hydrogen) atoms. The van der Waals surface area contributed by atoms with Crippen LogP contribution in [0.25, 0.3) is 0 Å². The fourth-order valence-corrected chi connectivity index (χ4v) is 1.29. The van der Waals surface area contributed by atoms with E-state index in [-0.39, 0.29) is 19.4 Å². The van der Waals surface area contributed by atoms with E-state index >= 15 is 0 Å². The van der Waals surface area contributed by atoms with Crippen molar-refractivity contribution in [2.24, 2.45) is 0 Å². The Morgan fingerprint density at radius 1 is 1.73 bits per heavy atom.